The second-order valence-electron chi connectivity index (χ2n) is 6.31. The fraction of sp³-hybridized carbons (Fsp3) is 0.375. The lowest BCUT2D eigenvalue weighted by atomic mass is 9.88. The number of fused-ring (bicyclic) bond motifs is 3. The minimum Gasteiger partial charge on any atom is -0.423 e. The number of alkyl halides is 2. The van der Waals surface area contributed by atoms with Crippen molar-refractivity contribution >= 4 is 21.4 Å². The van der Waals surface area contributed by atoms with Crippen molar-refractivity contribution in [1.82, 2.24) is 10.2 Å². The van der Waals surface area contributed by atoms with Gasteiger partial charge >= 0.3 is 5.63 Å². The van der Waals surface area contributed by atoms with Crippen LogP contribution in [-0.4, -0.2) is 27.8 Å². The van der Waals surface area contributed by atoms with Crippen LogP contribution in [0.4, 0.5) is 8.78 Å². The molecule has 0 bridgehead atoms. The van der Waals surface area contributed by atoms with E-state index in [0.29, 0.717) is 22.6 Å². The molecular formula is C16H14F2N2O4S. The third kappa shape index (κ3) is 2.78. The number of nitrogens with one attached hydrogen (secondary N) is 1. The number of nitrogens with zero attached hydrogens (tertiary/aromatic N) is 1. The number of rotatable bonds is 3. The summed E-state index contributed by atoms with van der Waals surface area (Å²) in [6.07, 6.45) is 2.41. The van der Waals surface area contributed by atoms with Crippen LogP contribution in [-0.2, 0) is 16.9 Å². The zero-order valence-corrected chi connectivity index (χ0v) is 14.0. The predicted molar refractivity (Wildman–Crippen MR) is 86.7 cm³/mol. The molecule has 0 amide bonds. The molecule has 3 aromatic heterocycles. The molecule has 132 valence electrons. The van der Waals surface area contributed by atoms with Crippen LogP contribution in [0.3, 0.4) is 0 Å². The Bertz CT molecular complexity index is 990. The van der Waals surface area contributed by atoms with Gasteiger partial charge in [-0.2, -0.15) is 5.10 Å². The Morgan fingerprint density at radius 2 is 2.32 bits per heavy atom. The molecule has 1 aliphatic rings. The molecule has 9 heteroatoms. The monoisotopic (exact) mass is 368 g/mol. The summed E-state index contributed by atoms with van der Waals surface area (Å²) in [7, 11) is 0. The molecule has 0 saturated carbocycles. The zero-order chi connectivity index (χ0) is 17.8. The fourth-order valence-electron chi connectivity index (χ4n) is 3.17. The first-order valence-electron chi connectivity index (χ1n) is 7.54. The highest BCUT2D eigenvalue weighted by atomic mass is 32.1. The summed E-state index contributed by atoms with van der Waals surface area (Å²) in [4.78, 5) is 13.1. The van der Waals surface area contributed by atoms with E-state index >= 15 is 0 Å². The average Bonchev–Trinajstić information content (AvgIpc) is 3.15. The van der Waals surface area contributed by atoms with Gasteiger partial charge in [0.05, 0.1) is 19.4 Å². The van der Waals surface area contributed by atoms with Crippen LogP contribution in [0.25, 0.3) is 20.5 Å². The van der Waals surface area contributed by atoms with Crippen LogP contribution in [0.5, 0.6) is 0 Å². The molecule has 0 radical (unpaired) electrons. The number of hydrogen-bond acceptors (Lipinski definition) is 6. The maximum absolute atomic E-state index is 13.5. The Labute approximate surface area is 144 Å². The summed E-state index contributed by atoms with van der Waals surface area (Å²) in [5.74, 6) is -3.27. The lowest BCUT2D eigenvalue weighted by molar-refractivity contribution is -0.141. The molecule has 1 atom stereocenters. The van der Waals surface area contributed by atoms with Gasteiger partial charge in [-0.05, 0) is 13.0 Å². The van der Waals surface area contributed by atoms with Crippen LogP contribution in [0.1, 0.15) is 24.7 Å². The molecule has 0 aliphatic carbocycles. The number of aromatic amines is 1. The SMILES string of the molecule is CC(F)(F)CC1(O)COCc2c1oc(=O)c1sc(-c3cn[nH]c3)cc21. The van der Waals surface area contributed by atoms with Gasteiger partial charge in [0.1, 0.15) is 10.5 Å². The number of H-pyrrole nitrogens is 1. The van der Waals surface area contributed by atoms with E-state index in [1.807, 2.05) is 0 Å². The van der Waals surface area contributed by atoms with E-state index in [9.17, 15) is 18.7 Å². The molecule has 0 saturated heterocycles. The van der Waals surface area contributed by atoms with E-state index in [1.54, 1.807) is 18.5 Å². The highest BCUT2D eigenvalue weighted by Crippen LogP contribution is 2.42. The Hall–Kier alpha value is -2.10. The summed E-state index contributed by atoms with van der Waals surface area (Å²) in [6, 6.07) is 1.76. The summed E-state index contributed by atoms with van der Waals surface area (Å²) in [6.45, 7) is 0.433. The highest BCUT2D eigenvalue weighted by molar-refractivity contribution is 7.22. The number of aliphatic hydroxyl groups is 1. The number of hydrogen-bond donors (Lipinski definition) is 2. The molecule has 4 rings (SSSR count). The molecule has 25 heavy (non-hydrogen) atoms. The summed E-state index contributed by atoms with van der Waals surface area (Å²) >= 11 is 1.22. The molecule has 2 N–H and O–H groups in total. The Morgan fingerprint density at radius 3 is 3.00 bits per heavy atom. The lowest BCUT2D eigenvalue weighted by Crippen LogP contribution is -2.41. The molecule has 4 heterocycles. The van der Waals surface area contributed by atoms with Gasteiger partial charge < -0.3 is 14.3 Å². The Morgan fingerprint density at radius 1 is 1.52 bits per heavy atom. The lowest BCUT2D eigenvalue weighted by Gasteiger charge is -2.34. The maximum atomic E-state index is 13.5. The van der Waals surface area contributed by atoms with E-state index in [1.165, 1.54) is 11.3 Å². The van der Waals surface area contributed by atoms with Crippen molar-refractivity contribution in [3.8, 4) is 10.4 Å². The molecule has 0 spiro atoms. The first-order valence-corrected chi connectivity index (χ1v) is 8.36. The Kier molecular flexibility index (Phi) is 3.57. The standard InChI is InChI=1S/C16H14F2N2O4S/c1-15(17,18)6-16(22)7-23-5-10-9-2-11(8-3-19-20-4-8)25-12(9)14(21)24-13(10)16/h2-4,22H,5-7H2,1H3,(H,19,20). The van der Waals surface area contributed by atoms with Gasteiger partial charge in [-0.1, -0.05) is 0 Å². The van der Waals surface area contributed by atoms with E-state index in [-0.39, 0.29) is 19.0 Å². The Balaban J connectivity index is 1.92. The molecular weight excluding hydrogens is 354 g/mol. The van der Waals surface area contributed by atoms with Crippen molar-refractivity contribution < 1.29 is 23.0 Å². The van der Waals surface area contributed by atoms with Gasteiger partial charge in [-0.3, -0.25) is 5.10 Å². The molecule has 0 fully saturated rings. The molecule has 3 aromatic rings. The zero-order valence-electron chi connectivity index (χ0n) is 13.1. The van der Waals surface area contributed by atoms with Crippen molar-refractivity contribution in [1.29, 1.82) is 0 Å². The van der Waals surface area contributed by atoms with Gasteiger partial charge in [0.25, 0.3) is 0 Å². The van der Waals surface area contributed by atoms with E-state index in [2.05, 4.69) is 10.2 Å². The normalized spacial score (nSPS) is 20.8. The smallest absolute Gasteiger partial charge is 0.354 e. The third-order valence-electron chi connectivity index (χ3n) is 4.11. The van der Waals surface area contributed by atoms with E-state index in [4.69, 9.17) is 9.15 Å². The molecule has 1 unspecified atom stereocenters. The van der Waals surface area contributed by atoms with Gasteiger partial charge in [-0.15, -0.1) is 11.3 Å². The van der Waals surface area contributed by atoms with Gasteiger partial charge in [-0.25, -0.2) is 13.6 Å². The average molecular weight is 368 g/mol. The van der Waals surface area contributed by atoms with Gasteiger partial charge in [0.15, 0.2) is 5.60 Å². The van der Waals surface area contributed by atoms with Crippen LogP contribution in [0.15, 0.2) is 27.7 Å². The van der Waals surface area contributed by atoms with Crippen molar-refractivity contribution in [2.45, 2.75) is 31.5 Å². The number of aromatic nitrogens is 2. The molecule has 1 aliphatic heterocycles. The van der Waals surface area contributed by atoms with Crippen LogP contribution >= 0.6 is 11.3 Å². The predicted octanol–water partition coefficient (Wildman–Crippen LogP) is 3.01. The third-order valence-corrected chi connectivity index (χ3v) is 5.27. The second kappa shape index (κ2) is 5.45. The van der Waals surface area contributed by atoms with Crippen molar-refractivity contribution in [2.24, 2.45) is 0 Å². The molecule has 0 aromatic carbocycles. The first-order chi connectivity index (χ1) is 11.8. The minimum atomic E-state index is -3.14. The van der Waals surface area contributed by atoms with Crippen molar-refractivity contribution in [3.63, 3.8) is 0 Å². The highest BCUT2D eigenvalue weighted by Gasteiger charge is 2.45. The summed E-state index contributed by atoms with van der Waals surface area (Å²) in [5.41, 5.74) is -1.48. The van der Waals surface area contributed by atoms with Crippen molar-refractivity contribution in [2.75, 3.05) is 6.61 Å². The minimum absolute atomic E-state index is 0.0781. The second-order valence-corrected chi connectivity index (χ2v) is 7.36. The van der Waals surface area contributed by atoms with Crippen molar-refractivity contribution in [3.05, 3.63) is 40.2 Å². The van der Waals surface area contributed by atoms with E-state index in [0.717, 1.165) is 10.4 Å². The van der Waals surface area contributed by atoms with Crippen LogP contribution < -0.4 is 5.63 Å². The number of thiophene rings is 1. The first kappa shape index (κ1) is 16.4. The number of ether oxygens (including phenoxy) is 1. The van der Waals surface area contributed by atoms with Gasteiger partial charge in [0, 0.05) is 34.0 Å². The summed E-state index contributed by atoms with van der Waals surface area (Å²) < 4.78 is 38.0. The largest absolute Gasteiger partial charge is 0.423 e. The maximum Gasteiger partial charge on any atom is 0.354 e. The van der Waals surface area contributed by atoms with Crippen LogP contribution in [0, 0.1) is 0 Å². The van der Waals surface area contributed by atoms with Gasteiger partial charge in [0.2, 0.25) is 5.92 Å². The molecule has 6 nitrogen and oxygen atoms in total. The topological polar surface area (TPSA) is 88.3 Å². The quantitative estimate of drug-likeness (QED) is 0.742. The van der Waals surface area contributed by atoms with Crippen LogP contribution in [0.2, 0.25) is 0 Å². The van der Waals surface area contributed by atoms with E-state index < -0.39 is 23.6 Å². The fourth-order valence-corrected chi connectivity index (χ4v) is 4.21. The summed E-state index contributed by atoms with van der Waals surface area (Å²) in [5, 5.41) is 17.8. The number of halogens is 2.